The Bertz CT molecular complexity index is 533. The first-order chi connectivity index (χ1) is 9.29. The molecule has 1 amide bonds. The fraction of sp³-hybridized carbons (Fsp3) is 0.571. The van der Waals surface area contributed by atoms with E-state index in [-0.39, 0.29) is 6.61 Å². The summed E-state index contributed by atoms with van der Waals surface area (Å²) in [5.74, 6) is 4.10. The number of hydrogen-bond donors (Lipinski definition) is 1. The molecule has 2 fully saturated rings. The number of rotatable bonds is 3. The van der Waals surface area contributed by atoms with Crippen LogP contribution in [0.25, 0.3) is 0 Å². The number of aliphatic hydroxyl groups is 1. The molecule has 6 heteroatoms. The van der Waals surface area contributed by atoms with Crippen LogP contribution >= 0.6 is 11.8 Å². The maximum atomic E-state index is 12.2. The Balaban J connectivity index is 2.28. The van der Waals surface area contributed by atoms with E-state index in [2.05, 4.69) is 18.4 Å². The number of carbonyl (C=O) groups excluding carboxylic acids is 2. The minimum Gasteiger partial charge on any atom is -0.460 e. The molecule has 2 rings (SSSR count). The third-order valence-corrected chi connectivity index (χ3v) is 5.03. The second-order valence-electron chi connectivity index (χ2n) is 5.25. The Morgan fingerprint density at radius 1 is 1.65 bits per heavy atom. The van der Waals surface area contributed by atoms with Crippen molar-refractivity contribution >= 4 is 23.6 Å². The quantitative estimate of drug-likeness (QED) is 0.356. The highest BCUT2D eigenvalue weighted by Gasteiger charge is 2.71. The lowest BCUT2D eigenvalue weighted by Gasteiger charge is -2.46. The second-order valence-corrected chi connectivity index (χ2v) is 6.98. The summed E-state index contributed by atoms with van der Waals surface area (Å²) in [4.78, 5) is 25.7. The third kappa shape index (κ3) is 1.93. The van der Waals surface area contributed by atoms with Gasteiger partial charge in [0, 0.05) is 4.75 Å². The molecule has 0 aromatic rings. The van der Waals surface area contributed by atoms with Gasteiger partial charge < -0.3 is 14.7 Å². The van der Waals surface area contributed by atoms with Crippen LogP contribution in [0.5, 0.6) is 0 Å². The van der Waals surface area contributed by atoms with Gasteiger partial charge in [0.05, 0.1) is 0 Å². The molecule has 0 aromatic carbocycles. The number of ether oxygens (including phenoxy) is 1. The number of fused-ring (bicyclic) bond motifs is 1. The van der Waals surface area contributed by atoms with E-state index in [1.54, 1.807) is 6.92 Å². The summed E-state index contributed by atoms with van der Waals surface area (Å²) in [7, 11) is 0. The van der Waals surface area contributed by atoms with Gasteiger partial charge in [-0.15, -0.1) is 17.7 Å². The summed E-state index contributed by atoms with van der Waals surface area (Å²) in [5.41, 5.74) is -1.69. The first-order valence-corrected chi connectivity index (χ1v) is 7.12. The van der Waals surface area contributed by atoms with Gasteiger partial charge in [0.2, 0.25) is 5.60 Å². The average molecular weight is 295 g/mol. The Morgan fingerprint density at radius 3 is 2.85 bits per heavy atom. The molecule has 20 heavy (non-hydrogen) atoms. The largest absolute Gasteiger partial charge is 0.460 e. The molecule has 2 saturated heterocycles. The second kappa shape index (κ2) is 4.83. The zero-order valence-corrected chi connectivity index (χ0v) is 12.5. The molecule has 1 N–H and O–H groups in total. The summed E-state index contributed by atoms with van der Waals surface area (Å²) >= 11 is 1.36. The summed E-state index contributed by atoms with van der Waals surface area (Å²) in [6, 6.07) is -0.719. The highest BCUT2D eigenvalue weighted by atomic mass is 32.2. The van der Waals surface area contributed by atoms with E-state index in [9.17, 15) is 14.7 Å². The van der Waals surface area contributed by atoms with Crippen LogP contribution in [0.2, 0.25) is 0 Å². The summed E-state index contributed by atoms with van der Waals surface area (Å²) in [6.45, 7) is 8.85. The van der Waals surface area contributed by atoms with Crippen LogP contribution in [-0.2, 0) is 14.3 Å². The maximum Gasteiger partial charge on any atom is 0.330 e. The van der Waals surface area contributed by atoms with Crippen molar-refractivity contribution in [2.75, 3.05) is 6.61 Å². The van der Waals surface area contributed by atoms with Gasteiger partial charge in [0.25, 0.3) is 5.91 Å². The number of esters is 1. The number of thioether (sulfide) groups is 1. The minimum atomic E-state index is -1.69. The number of nitrogens with zero attached hydrogens (tertiary/aromatic N) is 1. The van der Waals surface area contributed by atoms with Gasteiger partial charge in [-0.2, -0.15) is 0 Å². The van der Waals surface area contributed by atoms with Gasteiger partial charge >= 0.3 is 5.97 Å². The smallest absolute Gasteiger partial charge is 0.330 e. The van der Waals surface area contributed by atoms with Crippen LogP contribution in [0.1, 0.15) is 20.8 Å². The van der Waals surface area contributed by atoms with E-state index in [0.29, 0.717) is 0 Å². The summed E-state index contributed by atoms with van der Waals surface area (Å²) in [6.07, 6.45) is 1.47. The number of amides is 1. The van der Waals surface area contributed by atoms with Gasteiger partial charge in [-0.05, 0) is 20.8 Å². The van der Waals surface area contributed by atoms with Crippen LogP contribution < -0.4 is 0 Å². The van der Waals surface area contributed by atoms with Crippen molar-refractivity contribution in [1.82, 2.24) is 4.90 Å². The highest BCUT2D eigenvalue weighted by molar-refractivity contribution is 8.01. The Kier molecular flexibility index (Phi) is 3.61. The molecule has 0 unspecified atom stereocenters. The van der Waals surface area contributed by atoms with Crippen molar-refractivity contribution in [3.05, 3.63) is 12.7 Å². The van der Waals surface area contributed by atoms with E-state index < -0.39 is 33.6 Å². The van der Waals surface area contributed by atoms with Crippen LogP contribution in [0, 0.1) is 11.8 Å². The molecule has 5 nitrogen and oxygen atoms in total. The van der Waals surface area contributed by atoms with Crippen molar-refractivity contribution in [3.8, 4) is 11.8 Å². The van der Waals surface area contributed by atoms with Crippen molar-refractivity contribution in [2.45, 2.75) is 42.5 Å². The lowest BCUT2D eigenvalue weighted by Crippen LogP contribution is -2.73. The van der Waals surface area contributed by atoms with E-state index in [1.807, 2.05) is 13.8 Å². The molecular weight excluding hydrogens is 278 g/mol. The van der Waals surface area contributed by atoms with Crippen LogP contribution in [0.4, 0.5) is 0 Å². The van der Waals surface area contributed by atoms with E-state index in [0.717, 1.165) is 0 Å². The molecule has 0 aliphatic carbocycles. The Labute approximate surface area is 122 Å². The first-order valence-electron chi connectivity index (χ1n) is 6.24. The predicted octanol–water partition coefficient (Wildman–Crippen LogP) is 0.532. The fourth-order valence-corrected chi connectivity index (χ4v) is 4.12. The standard InChI is InChI=1S/C14H17NO4S/c1-5-7-14(18)11(17)15-9(10(16)19-8-6-2)13(3,4)20-12(14)15/h6,9,12,18H,2,8H2,1,3-4H3/t9-,12+,14+/m0/s1. The predicted molar refractivity (Wildman–Crippen MR) is 75.6 cm³/mol. The number of hydrogen-bond acceptors (Lipinski definition) is 5. The average Bonchev–Trinajstić information content (AvgIpc) is 2.66. The molecule has 0 aromatic heterocycles. The van der Waals surface area contributed by atoms with Crippen molar-refractivity contribution in [1.29, 1.82) is 0 Å². The summed E-state index contributed by atoms with van der Waals surface area (Å²) < 4.78 is 4.51. The van der Waals surface area contributed by atoms with Gasteiger partial charge in [-0.25, -0.2) is 4.79 Å². The SMILES string of the molecule is C=CCOC(=O)[C@@H]1N2C(=O)[C@](O)(C#CC)[C@H]2SC1(C)C. The van der Waals surface area contributed by atoms with Gasteiger partial charge in [-0.3, -0.25) is 4.79 Å². The summed E-state index contributed by atoms with van der Waals surface area (Å²) in [5, 5.41) is 9.77. The molecule has 2 aliphatic rings. The molecule has 0 bridgehead atoms. The lowest BCUT2D eigenvalue weighted by atomic mass is 9.88. The maximum absolute atomic E-state index is 12.2. The van der Waals surface area contributed by atoms with Crippen LogP contribution in [0.3, 0.4) is 0 Å². The monoisotopic (exact) mass is 295 g/mol. The fourth-order valence-electron chi connectivity index (χ4n) is 2.55. The van der Waals surface area contributed by atoms with E-state index in [1.165, 1.54) is 22.7 Å². The molecular formula is C14H17NO4S. The normalized spacial score (nSPS) is 33.6. The molecule has 2 aliphatic heterocycles. The minimum absolute atomic E-state index is 0.0990. The van der Waals surface area contributed by atoms with Gasteiger partial charge in [0.1, 0.15) is 18.0 Å². The Hall–Kier alpha value is -1.45. The zero-order chi connectivity index (χ0) is 15.1. The van der Waals surface area contributed by atoms with E-state index in [4.69, 9.17) is 4.74 Å². The zero-order valence-electron chi connectivity index (χ0n) is 11.7. The van der Waals surface area contributed by atoms with Crippen molar-refractivity contribution < 1.29 is 19.4 Å². The number of carbonyl (C=O) groups is 2. The van der Waals surface area contributed by atoms with Crippen LogP contribution in [0.15, 0.2) is 12.7 Å². The molecule has 0 spiro atoms. The molecule has 2 heterocycles. The lowest BCUT2D eigenvalue weighted by molar-refractivity contribution is -0.180. The van der Waals surface area contributed by atoms with E-state index >= 15 is 0 Å². The topological polar surface area (TPSA) is 66.8 Å². The van der Waals surface area contributed by atoms with Gasteiger partial charge in [-0.1, -0.05) is 18.6 Å². The van der Waals surface area contributed by atoms with Crippen molar-refractivity contribution in [2.24, 2.45) is 0 Å². The first kappa shape index (κ1) is 14.9. The Morgan fingerprint density at radius 2 is 2.30 bits per heavy atom. The number of β-lactam (4-membered cyclic amide) rings is 1. The van der Waals surface area contributed by atoms with Gasteiger partial charge in [0.15, 0.2) is 0 Å². The van der Waals surface area contributed by atoms with Crippen LogP contribution in [-0.4, -0.2) is 50.3 Å². The highest BCUT2D eigenvalue weighted by Crippen LogP contribution is 2.54. The molecule has 0 radical (unpaired) electrons. The molecule has 3 atom stereocenters. The third-order valence-electron chi connectivity index (χ3n) is 3.40. The molecule has 108 valence electrons. The van der Waals surface area contributed by atoms with Crippen molar-refractivity contribution in [3.63, 3.8) is 0 Å². The molecule has 0 saturated carbocycles.